The average Bonchev–Trinajstić information content (AvgIpc) is 2.96. The summed E-state index contributed by atoms with van der Waals surface area (Å²) in [5, 5.41) is 19.8. The molecule has 5 heteroatoms. The van der Waals surface area contributed by atoms with Crippen molar-refractivity contribution >= 4 is 0 Å². The summed E-state index contributed by atoms with van der Waals surface area (Å²) < 4.78 is 12.5. The van der Waals surface area contributed by atoms with Gasteiger partial charge in [0.2, 0.25) is 0 Å². The fourth-order valence-electron chi connectivity index (χ4n) is 5.65. The van der Waals surface area contributed by atoms with Crippen LogP contribution >= 0.6 is 0 Å². The Labute approximate surface area is 147 Å². The zero-order valence-electron chi connectivity index (χ0n) is 14.7. The molecular weight excluding hydrogens is 318 g/mol. The zero-order valence-corrected chi connectivity index (χ0v) is 14.7. The van der Waals surface area contributed by atoms with Crippen LogP contribution in [0.3, 0.4) is 0 Å². The Morgan fingerprint density at radius 1 is 1.40 bits per heavy atom. The topological polar surface area (TPSA) is 62.2 Å². The quantitative estimate of drug-likeness (QED) is 0.817. The third-order valence-electron chi connectivity index (χ3n) is 6.78. The first-order valence-electron chi connectivity index (χ1n) is 9.23. The summed E-state index contributed by atoms with van der Waals surface area (Å²) in [5.41, 5.74) is 2.38. The van der Waals surface area contributed by atoms with Gasteiger partial charge in [0.05, 0.1) is 12.7 Å². The molecule has 0 radical (unpaired) electrons. The van der Waals surface area contributed by atoms with Crippen molar-refractivity contribution in [1.82, 2.24) is 4.90 Å². The number of benzene rings is 1. The van der Waals surface area contributed by atoms with E-state index in [1.807, 2.05) is 6.92 Å². The van der Waals surface area contributed by atoms with Gasteiger partial charge >= 0.3 is 0 Å². The molecule has 1 aromatic rings. The molecule has 1 fully saturated rings. The Bertz CT molecular complexity index is 747. The molecule has 3 unspecified atom stereocenters. The van der Waals surface area contributed by atoms with Crippen molar-refractivity contribution in [2.24, 2.45) is 5.92 Å². The standard InChI is InChI=1S/C20H25NO4/c1-11(10-22)24-16-6-4-13-14-9-12-3-5-15(23)18-17(12)20(13,19(16)25-18)7-8-21(14)2/h3-6,11,13-14,16,19,22-23H,7-10H2,1-2H3/t11?,13?,14?,16-,19-,20-/m0/s1. The van der Waals surface area contributed by atoms with E-state index in [4.69, 9.17) is 9.47 Å². The number of likely N-dealkylation sites (tertiary alicyclic amines) is 1. The smallest absolute Gasteiger partial charge is 0.165 e. The minimum Gasteiger partial charge on any atom is -0.504 e. The molecule has 5 rings (SSSR count). The van der Waals surface area contributed by atoms with Crippen LogP contribution in [0.4, 0.5) is 0 Å². The molecule has 25 heavy (non-hydrogen) atoms. The second-order valence-electron chi connectivity index (χ2n) is 8.03. The molecule has 4 aliphatic rings. The highest BCUT2D eigenvalue weighted by molar-refractivity contribution is 5.61. The number of aliphatic hydroxyl groups excluding tert-OH is 1. The Balaban J connectivity index is 1.68. The molecule has 2 heterocycles. The predicted molar refractivity (Wildman–Crippen MR) is 93.0 cm³/mol. The number of likely N-dealkylation sites (N-methyl/N-ethyl adjacent to an activating group) is 1. The lowest BCUT2D eigenvalue weighted by Crippen LogP contribution is -2.65. The van der Waals surface area contributed by atoms with Crippen molar-refractivity contribution in [3.63, 3.8) is 0 Å². The summed E-state index contributed by atoms with van der Waals surface area (Å²) in [6.45, 7) is 2.88. The number of nitrogens with zero attached hydrogens (tertiary/aromatic N) is 1. The lowest BCUT2D eigenvalue weighted by Gasteiger charge is -2.57. The van der Waals surface area contributed by atoms with Crippen molar-refractivity contribution in [3.05, 3.63) is 35.4 Å². The largest absolute Gasteiger partial charge is 0.504 e. The maximum absolute atomic E-state index is 10.4. The highest BCUT2D eigenvalue weighted by Crippen LogP contribution is 2.62. The van der Waals surface area contributed by atoms with Crippen LogP contribution < -0.4 is 4.74 Å². The molecule has 0 saturated carbocycles. The van der Waals surface area contributed by atoms with Gasteiger partial charge in [-0.15, -0.1) is 0 Å². The average molecular weight is 343 g/mol. The van der Waals surface area contributed by atoms with Gasteiger partial charge in [-0.3, -0.25) is 0 Å². The summed E-state index contributed by atoms with van der Waals surface area (Å²) in [4.78, 5) is 2.46. The second kappa shape index (κ2) is 5.22. The summed E-state index contributed by atoms with van der Waals surface area (Å²) in [5.74, 6) is 1.26. The monoisotopic (exact) mass is 343 g/mol. The van der Waals surface area contributed by atoms with Gasteiger partial charge in [-0.2, -0.15) is 0 Å². The first-order valence-corrected chi connectivity index (χ1v) is 9.23. The minimum atomic E-state index is -0.242. The van der Waals surface area contributed by atoms with E-state index in [1.165, 1.54) is 11.1 Å². The summed E-state index contributed by atoms with van der Waals surface area (Å²) >= 11 is 0. The van der Waals surface area contributed by atoms with Gasteiger partial charge in [0.25, 0.3) is 0 Å². The number of phenolic OH excluding ortho intramolecular Hbond substituents is 1. The zero-order chi connectivity index (χ0) is 17.3. The van der Waals surface area contributed by atoms with Crippen molar-refractivity contribution in [2.75, 3.05) is 20.2 Å². The molecule has 1 saturated heterocycles. The van der Waals surface area contributed by atoms with E-state index in [1.54, 1.807) is 6.07 Å². The summed E-state index contributed by atoms with van der Waals surface area (Å²) in [6, 6.07) is 4.28. The highest BCUT2D eigenvalue weighted by atomic mass is 16.6. The Morgan fingerprint density at radius 3 is 3.04 bits per heavy atom. The number of phenols is 1. The molecule has 2 N–H and O–H groups in total. The third-order valence-corrected chi connectivity index (χ3v) is 6.78. The van der Waals surface area contributed by atoms with E-state index >= 15 is 0 Å². The van der Waals surface area contributed by atoms with Crippen LogP contribution in [0, 0.1) is 5.92 Å². The van der Waals surface area contributed by atoms with E-state index in [-0.39, 0.29) is 36.1 Å². The predicted octanol–water partition coefficient (Wildman–Crippen LogP) is 1.60. The SMILES string of the molecule is CC(CO)O[C@H]1C=CC2C3Cc4ccc(O)c5c4[C@@]2(CCN3C)[C@H]1O5. The van der Waals surface area contributed by atoms with Crippen LogP contribution in [0.25, 0.3) is 0 Å². The van der Waals surface area contributed by atoms with Gasteiger partial charge in [-0.05, 0) is 45.0 Å². The van der Waals surface area contributed by atoms with Gasteiger partial charge in [-0.1, -0.05) is 18.2 Å². The molecule has 2 aliphatic heterocycles. The Morgan fingerprint density at radius 2 is 2.24 bits per heavy atom. The number of piperidine rings is 1. The van der Waals surface area contributed by atoms with Gasteiger partial charge in [0, 0.05) is 22.9 Å². The van der Waals surface area contributed by atoms with E-state index in [2.05, 4.69) is 30.2 Å². The first-order chi connectivity index (χ1) is 12.1. The van der Waals surface area contributed by atoms with Gasteiger partial charge in [-0.25, -0.2) is 0 Å². The summed E-state index contributed by atoms with van der Waals surface area (Å²) in [7, 11) is 2.21. The number of rotatable bonds is 3. The Hall–Kier alpha value is -1.56. The molecule has 1 spiro atoms. The highest BCUT2D eigenvalue weighted by Gasteiger charge is 2.64. The van der Waals surface area contributed by atoms with Gasteiger partial charge < -0.3 is 24.6 Å². The Kier molecular flexibility index (Phi) is 3.28. The first kappa shape index (κ1) is 15.7. The lowest BCUT2D eigenvalue weighted by molar-refractivity contribution is -0.0988. The molecule has 1 aromatic carbocycles. The van der Waals surface area contributed by atoms with Crippen LogP contribution in [0.15, 0.2) is 24.3 Å². The number of hydrogen-bond acceptors (Lipinski definition) is 5. The molecule has 6 atom stereocenters. The van der Waals surface area contributed by atoms with Gasteiger partial charge in [0.15, 0.2) is 11.5 Å². The molecular formula is C20H25NO4. The molecule has 5 nitrogen and oxygen atoms in total. The molecule has 0 amide bonds. The number of aliphatic hydroxyl groups is 1. The maximum atomic E-state index is 10.4. The van der Waals surface area contributed by atoms with Gasteiger partial charge in [0.1, 0.15) is 12.2 Å². The fourth-order valence-corrected chi connectivity index (χ4v) is 5.65. The van der Waals surface area contributed by atoms with Crippen LogP contribution in [-0.4, -0.2) is 59.7 Å². The third kappa shape index (κ3) is 1.89. The van der Waals surface area contributed by atoms with Crippen LogP contribution in [-0.2, 0) is 16.6 Å². The fraction of sp³-hybridized carbons (Fsp3) is 0.600. The van der Waals surface area contributed by atoms with Crippen molar-refractivity contribution in [1.29, 1.82) is 0 Å². The van der Waals surface area contributed by atoms with Crippen molar-refractivity contribution in [3.8, 4) is 11.5 Å². The molecule has 2 bridgehead atoms. The molecule has 0 aromatic heterocycles. The maximum Gasteiger partial charge on any atom is 0.165 e. The lowest BCUT2D eigenvalue weighted by atomic mass is 9.53. The van der Waals surface area contributed by atoms with E-state index in [0.717, 1.165) is 19.4 Å². The number of aromatic hydroxyl groups is 1. The second-order valence-corrected chi connectivity index (χ2v) is 8.03. The van der Waals surface area contributed by atoms with Crippen LogP contribution in [0.2, 0.25) is 0 Å². The van der Waals surface area contributed by atoms with Crippen molar-refractivity contribution in [2.45, 2.75) is 49.5 Å². The van der Waals surface area contributed by atoms with E-state index in [0.29, 0.717) is 17.7 Å². The van der Waals surface area contributed by atoms with E-state index < -0.39 is 0 Å². The normalized spacial score (nSPS) is 39.0. The van der Waals surface area contributed by atoms with Crippen molar-refractivity contribution < 1.29 is 19.7 Å². The summed E-state index contributed by atoms with van der Waals surface area (Å²) in [6.07, 6.45) is 5.81. The number of hydrogen-bond donors (Lipinski definition) is 2. The molecule has 134 valence electrons. The van der Waals surface area contributed by atoms with Crippen LogP contribution in [0.5, 0.6) is 11.5 Å². The number of ether oxygens (including phenoxy) is 2. The van der Waals surface area contributed by atoms with E-state index in [9.17, 15) is 10.2 Å². The minimum absolute atomic E-state index is 0.0116. The molecule has 2 aliphatic carbocycles. The van der Waals surface area contributed by atoms with Crippen LogP contribution in [0.1, 0.15) is 24.5 Å².